The highest BCUT2D eigenvalue weighted by molar-refractivity contribution is 6.46. The van der Waals surface area contributed by atoms with Crippen molar-refractivity contribution in [3.8, 4) is 5.75 Å². The van der Waals surface area contributed by atoms with E-state index < -0.39 is 17.7 Å². The summed E-state index contributed by atoms with van der Waals surface area (Å²) in [5, 5.41) is 11.1. The summed E-state index contributed by atoms with van der Waals surface area (Å²) in [5.41, 5.74) is 2.42. The molecule has 0 aliphatic carbocycles. The Balaban J connectivity index is 2.06. The molecule has 1 unspecified atom stereocenters. The van der Waals surface area contributed by atoms with Gasteiger partial charge in [-0.25, -0.2) is 0 Å². The van der Waals surface area contributed by atoms with Gasteiger partial charge in [0.2, 0.25) is 0 Å². The molecule has 0 spiro atoms. The van der Waals surface area contributed by atoms with E-state index >= 15 is 0 Å². The van der Waals surface area contributed by atoms with Gasteiger partial charge in [-0.05, 0) is 41.3 Å². The number of aliphatic hydroxyl groups is 1. The molecule has 0 bridgehead atoms. The van der Waals surface area contributed by atoms with Crippen molar-refractivity contribution in [2.45, 2.75) is 25.8 Å². The first-order valence-electron chi connectivity index (χ1n) is 10.6. The van der Waals surface area contributed by atoms with Crippen LogP contribution in [0.5, 0.6) is 5.75 Å². The lowest BCUT2D eigenvalue weighted by molar-refractivity contribution is -0.140. The van der Waals surface area contributed by atoms with E-state index in [2.05, 4.69) is 20.4 Å². The molecular formula is C26H29NO5. The second-order valence-electron chi connectivity index (χ2n) is 7.93. The third-order valence-corrected chi connectivity index (χ3v) is 5.49. The number of aliphatic hydroxyl groups excluding tert-OH is 1. The predicted octanol–water partition coefficient (Wildman–Crippen LogP) is 4.44. The first-order chi connectivity index (χ1) is 15.4. The van der Waals surface area contributed by atoms with Gasteiger partial charge in [0.15, 0.2) is 0 Å². The summed E-state index contributed by atoms with van der Waals surface area (Å²) in [7, 11) is 1.54. The maximum Gasteiger partial charge on any atom is 0.295 e. The molecule has 0 aromatic heterocycles. The topological polar surface area (TPSA) is 76.1 Å². The molecule has 1 atom stereocenters. The van der Waals surface area contributed by atoms with Crippen molar-refractivity contribution in [1.29, 1.82) is 0 Å². The Kier molecular flexibility index (Phi) is 7.49. The molecule has 168 valence electrons. The molecule has 0 radical (unpaired) electrons. The minimum atomic E-state index is -0.705. The Bertz CT molecular complexity index is 1010. The van der Waals surface area contributed by atoms with E-state index in [0.717, 1.165) is 11.1 Å². The number of methoxy groups -OCH3 is 1. The van der Waals surface area contributed by atoms with Gasteiger partial charge in [-0.15, -0.1) is 0 Å². The zero-order valence-corrected chi connectivity index (χ0v) is 18.7. The summed E-state index contributed by atoms with van der Waals surface area (Å²) >= 11 is 0. The maximum absolute atomic E-state index is 13.0. The van der Waals surface area contributed by atoms with Crippen molar-refractivity contribution in [2.75, 3.05) is 26.9 Å². The van der Waals surface area contributed by atoms with E-state index in [0.29, 0.717) is 23.8 Å². The Morgan fingerprint density at radius 1 is 1.12 bits per heavy atom. The third-order valence-electron chi connectivity index (χ3n) is 5.49. The van der Waals surface area contributed by atoms with Crippen LogP contribution < -0.4 is 4.74 Å². The molecule has 3 rings (SSSR count). The first-order valence-corrected chi connectivity index (χ1v) is 10.6. The van der Waals surface area contributed by atoms with Crippen LogP contribution in [0.3, 0.4) is 0 Å². The van der Waals surface area contributed by atoms with Gasteiger partial charge in [0.1, 0.15) is 18.1 Å². The van der Waals surface area contributed by atoms with Crippen molar-refractivity contribution in [1.82, 2.24) is 4.90 Å². The molecule has 1 N–H and O–H groups in total. The van der Waals surface area contributed by atoms with Gasteiger partial charge >= 0.3 is 0 Å². The van der Waals surface area contributed by atoms with E-state index in [1.165, 1.54) is 4.90 Å². The lowest BCUT2D eigenvalue weighted by Crippen LogP contribution is -2.32. The largest absolute Gasteiger partial charge is 0.507 e. The fourth-order valence-electron chi connectivity index (χ4n) is 3.73. The zero-order valence-electron chi connectivity index (χ0n) is 18.7. The highest BCUT2D eigenvalue weighted by Gasteiger charge is 2.45. The highest BCUT2D eigenvalue weighted by Crippen LogP contribution is 2.39. The number of Topliss-reactive ketones (excluding diaryl/α,β-unsaturated/α-hetero) is 1. The van der Waals surface area contributed by atoms with Gasteiger partial charge in [-0.2, -0.15) is 0 Å². The van der Waals surface area contributed by atoms with Crippen LogP contribution in [0, 0.1) is 0 Å². The standard InChI is InChI=1S/C26H29NO5/c1-5-15-32-21-12-10-20(11-13-21)24(28)22-23(19-8-6-18(7-9-19)17(2)3)27(14-16-31-4)26(30)25(22)29/h5-13,17,23,28H,1,14-16H2,2-4H3. The smallest absolute Gasteiger partial charge is 0.295 e. The number of ether oxygens (including phenoxy) is 2. The molecule has 1 amide bonds. The number of amides is 1. The van der Waals surface area contributed by atoms with Crippen molar-refractivity contribution in [3.05, 3.63) is 83.4 Å². The first kappa shape index (κ1) is 23.3. The predicted molar refractivity (Wildman–Crippen MR) is 124 cm³/mol. The molecule has 2 aromatic carbocycles. The van der Waals surface area contributed by atoms with E-state index in [1.807, 2.05) is 24.3 Å². The summed E-state index contributed by atoms with van der Waals surface area (Å²) in [4.78, 5) is 27.3. The number of nitrogens with zero attached hydrogens (tertiary/aromatic N) is 1. The molecule has 1 heterocycles. The Labute approximate surface area is 188 Å². The normalized spacial score (nSPS) is 17.8. The van der Waals surface area contributed by atoms with Crippen LogP contribution in [-0.2, 0) is 14.3 Å². The lowest BCUT2D eigenvalue weighted by atomic mass is 9.93. The van der Waals surface area contributed by atoms with Crippen molar-refractivity contribution in [2.24, 2.45) is 0 Å². The minimum absolute atomic E-state index is 0.0724. The van der Waals surface area contributed by atoms with Crippen LogP contribution in [0.4, 0.5) is 0 Å². The quantitative estimate of drug-likeness (QED) is 0.273. The van der Waals surface area contributed by atoms with E-state index in [1.54, 1.807) is 37.5 Å². The number of benzene rings is 2. The number of ketones is 1. The van der Waals surface area contributed by atoms with Gasteiger partial charge < -0.3 is 19.5 Å². The molecular weight excluding hydrogens is 406 g/mol. The molecule has 1 saturated heterocycles. The van der Waals surface area contributed by atoms with E-state index in [9.17, 15) is 14.7 Å². The fraction of sp³-hybridized carbons (Fsp3) is 0.308. The van der Waals surface area contributed by atoms with Gasteiger partial charge in [0.05, 0.1) is 18.2 Å². The Morgan fingerprint density at radius 3 is 2.34 bits per heavy atom. The van der Waals surface area contributed by atoms with Crippen molar-refractivity contribution in [3.63, 3.8) is 0 Å². The second kappa shape index (κ2) is 10.3. The van der Waals surface area contributed by atoms with Crippen LogP contribution in [0.25, 0.3) is 5.76 Å². The summed E-state index contributed by atoms with van der Waals surface area (Å²) in [5.74, 6) is -0.596. The van der Waals surface area contributed by atoms with Crippen LogP contribution in [0.15, 0.2) is 66.8 Å². The van der Waals surface area contributed by atoms with Gasteiger partial charge in [0.25, 0.3) is 11.7 Å². The zero-order chi connectivity index (χ0) is 23.3. The number of rotatable bonds is 9. The number of carbonyl (C=O) groups is 2. The van der Waals surface area contributed by atoms with Gasteiger partial charge in [-0.1, -0.05) is 50.8 Å². The SMILES string of the molecule is C=CCOc1ccc(C(O)=C2C(=O)C(=O)N(CCOC)C2c2ccc(C(C)C)cc2)cc1. The second-order valence-corrected chi connectivity index (χ2v) is 7.93. The number of hydrogen-bond donors (Lipinski definition) is 1. The summed E-state index contributed by atoms with van der Waals surface area (Å²) in [6.45, 7) is 8.70. The van der Waals surface area contributed by atoms with Crippen LogP contribution in [-0.4, -0.2) is 48.6 Å². The maximum atomic E-state index is 13.0. The Hall–Kier alpha value is -3.38. The summed E-state index contributed by atoms with van der Waals surface area (Å²) in [6.07, 6.45) is 1.64. The van der Waals surface area contributed by atoms with Crippen LogP contribution in [0.1, 0.15) is 42.5 Å². The fourth-order valence-corrected chi connectivity index (χ4v) is 3.73. The monoisotopic (exact) mass is 435 g/mol. The summed E-state index contributed by atoms with van der Waals surface area (Å²) in [6, 6.07) is 13.8. The van der Waals surface area contributed by atoms with Crippen LogP contribution >= 0.6 is 0 Å². The highest BCUT2D eigenvalue weighted by atomic mass is 16.5. The molecule has 1 aliphatic heterocycles. The van der Waals surface area contributed by atoms with E-state index in [4.69, 9.17) is 9.47 Å². The number of likely N-dealkylation sites (tertiary alicyclic amines) is 1. The number of carbonyl (C=O) groups excluding carboxylic acids is 2. The van der Waals surface area contributed by atoms with Crippen molar-refractivity contribution < 1.29 is 24.2 Å². The van der Waals surface area contributed by atoms with Gasteiger partial charge in [0, 0.05) is 19.2 Å². The molecule has 2 aromatic rings. The third kappa shape index (κ3) is 4.75. The molecule has 1 aliphatic rings. The average molecular weight is 436 g/mol. The molecule has 32 heavy (non-hydrogen) atoms. The lowest BCUT2D eigenvalue weighted by Gasteiger charge is -2.25. The molecule has 6 nitrogen and oxygen atoms in total. The molecule has 6 heteroatoms. The van der Waals surface area contributed by atoms with E-state index in [-0.39, 0.29) is 24.5 Å². The van der Waals surface area contributed by atoms with Crippen LogP contribution in [0.2, 0.25) is 0 Å². The average Bonchev–Trinajstić information content (AvgIpc) is 3.06. The number of hydrogen-bond acceptors (Lipinski definition) is 5. The summed E-state index contributed by atoms with van der Waals surface area (Å²) < 4.78 is 10.6. The minimum Gasteiger partial charge on any atom is -0.507 e. The van der Waals surface area contributed by atoms with Gasteiger partial charge in [-0.3, -0.25) is 9.59 Å². The molecule has 0 saturated carbocycles. The van der Waals surface area contributed by atoms with Crippen molar-refractivity contribution >= 4 is 17.4 Å². The molecule has 1 fully saturated rings. The Morgan fingerprint density at radius 2 is 1.78 bits per heavy atom.